The molecule has 0 aliphatic carbocycles. The molecule has 6 nitrogen and oxygen atoms in total. The number of hydrogen-bond donors (Lipinski definition) is 0. The Labute approximate surface area is 299 Å². The van der Waals surface area contributed by atoms with Crippen LogP contribution in [0.3, 0.4) is 0 Å². The highest BCUT2D eigenvalue weighted by atomic mass is 15.0. The Morgan fingerprint density at radius 3 is 1.69 bits per heavy atom. The number of para-hydroxylation sites is 3. The van der Waals surface area contributed by atoms with Crippen molar-refractivity contribution in [1.82, 2.24) is 24.1 Å². The summed E-state index contributed by atoms with van der Waals surface area (Å²) in [5, 5.41) is 4.78. The zero-order valence-electron chi connectivity index (χ0n) is 27.8. The Balaban J connectivity index is 1.24. The van der Waals surface area contributed by atoms with Crippen molar-refractivity contribution < 1.29 is 0 Å². The molecule has 3 aromatic heterocycles. The lowest BCUT2D eigenvalue weighted by atomic mass is 10.1. The fourth-order valence-corrected chi connectivity index (χ4v) is 7.48. The third-order valence-corrected chi connectivity index (χ3v) is 9.75. The fourth-order valence-electron chi connectivity index (χ4n) is 7.48. The minimum absolute atomic E-state index is 0.520. The average Bonchev–Trinajstić information content (AvgIpc) is 3.74. The van der Waals surface area contributed by atoms with Crippen molar-refractivity contribution in [2.24, 2.45) is 0 Å². The van der Waals surface area contributed by atoms with Gasteiger partial charge in [0.15, 0.2) is 23.2 Å². The van der Waals surface area contributed by atoms with Crippen LogP contribution in [0.2, 0.25) is 0 Å². The Hall–Kier alpha value is -7.36. The van der Waals surface area contributed by atoms with Crippen LogP contribution in [0.1, 0.15) is 0 Å². The van der Waals surface area contributed by atoms with Crippen molar-refractivity contribution in [3.63, 3.8) is 0 Å². The molecule has 0 aliphatic heterocycles. The molecule has 3 heterocycles. The van der Waals surface area contributed by atoms with Gasteiger partial charge in [0.05, 0.1) is 28.6 Å². The maximum Gasteiger partial charge on any atom is 0.187 e. The van der Waals surface area contributed by atoms with Crippen LogP contribution < -0.4 is 0 Å². The minimum Gasteiger partial charge on any atom is -0.309 e. The summed E-state index contributed by atoms with van der Waals surface area (Å²) in [6, 6.07) is 58.2. The zero-order chi connectivity index (χ0) is 34.6. The maximum atomic E-state index is 7.57. The molecule has 242 valence electrons. The quantitative estimate of drug-likeness (QED) is 0.172. The second kappa shape index (κ2) is 11.9. The summed E-state index contributed by atoms with van der Waals surface area (Å²) >= 11 is 0. The van der Waals surface area contributed by atoms with E-state index in [0.717, 1.165) is 50.1 Å². The van der Waals surface area contributed by atoms with Gasteiger partial charge in [0.25, 0.3) is 0 Å². The molecule has 0 atom stereocenters. The van der Waals surface area contributed by atoms with Gasteiger partial charge >= 0.3 is 0 Å². The summed E-state index contributed by atoms with van der Waals surface area (Å²) in [4.78, 5) is 18.6. The summed E-state index contributed by atoms with van der Waals surface area (Å²) in [5.74, 6) is 1.66. The van der Waals surface area contributed by atoms with Gasteiger partial charge in [-0.15, -0.1) is 0 Å². The van der Waals surface area contributed by atoms with Crippen LogP contribution in [0.25, 0.3) is 94.0 Å². The zero-order valence-corrected chi connectivity index (χ0v) is 27.8. The molecule has 0 fully saturated rings. The fraction of sp³-hybridized carbons (Fsp3) is 0. The first kappa shape index (κ1) is 29.5. The molecule has 0 saturated heterocycles. The van der Waals surface area contributed by atoms with Crippen molar-refractivity contribution in [3.05, 3.63) is 181 Å². The number of fused-ring (bicyclic) bond motifs is 7. The van der Waals surface area contributed by atoms with Gasteiger partial charge < -0.3 is 9.13 Å². The van der Waals surface area contributed by atoms with E-state index in [4.69, 9.17) is 21.5 Å². The predicted molar refractivity (Wildman–Crippen MR) is 211 cm³/mol. The molecule has 10 rings (SSSR count). The summed E-state index contributed by atoms with van der Waals surface area (Å²) in [6.45, 7) is 7.57. The Morgan fingerprint density at radius 1 is 0.404 bits per heavy atom. The molecule has 0 unspecified atom stereocenters. The highest BCUT2D eigenvalue weighted by Gasteiger charge is 2.21. The van der Waals surface area contributed by atoms with E-state index in [9.17, 15) is 0 Å². The molecule has 0 amide bonds. The number of benzene rings is 7. The van der Waals surface area contributed by atoms with E-state index in [1.165, 1.54) is 21.5 Å². The molecule has 0 radical (unpaired) electrons. The molecular formula is C46H28N6. The van der Waals surface area contributed by atoms with Crippen molar-refractivity contribution >= 4 is 49.3 Å². The third-order valence-electron chi connectivity index (χ3n) is 9.75. The van der Waals surface area contributed by atoms with Gasteiger partial charge in [0.1, 0.15) is 0 Å². The van der Waals surface area contributed by atoms with Crippen LogP contribution in [0.5, 0.6) is 0 Å². The monoisotopic (exact) mass is 664 g/mol. The lowest BCUT2D eigenvalue weighted by Gasteiger charge is -2.12. The van der Waals surface area contributed by atoms with E-state index >= 15 is 0 Å². The van der Waals surface area contributed by atoms with Gasteiger partial charge in [-0.3, -0.25) is 0 Å². The van der Waals surface area contributed by atoms with Gasteiger partial charge in [0.2, 0.25) is 0 Å². The van der Waals surface area contributed by atoms with Crippen LogP contribution in [-0.2, 0) is 0 Å². The van der Waals surface area contributed by atoms with Crippen molar-refractivity contribution in [2.45, 2.75) is 0 Å². The maximum absolute atomic E-state index is 7.57. The first-order valence-corrected chi connectivity index (χ1v) is 17.2. The predicted octanol–water partition coefficient (Wildman–Crippen LogP) is 11.6. The van der Waals surface area contributed by atoms with Crippen LogP contribution in [0.4, 0.5) is 5.69 Å². The molecule has 6 heteroatoms. The van der Waals surface area contributed by atoms with Crippen LogP contribution in [-0.4, -0.2) is 24.1 Å². The van der Waals surface area contributed by atoms with Crippen molar-refractivity contribution in [2.75, 3.05) is 0 Å². The largest absolute Gasteiger partial charge is 0.309 e. The third kappa shape index (κ3) is 4.68. The first-order chi connectivity index (χ1) is 25.7. The van der Waals surface area contributed by atoms with Crippen molar-refractivity contribution in [3.8, 4) is 45.5 Å². The van der Waals surface area contributed by atoms with E-state index in [1.807, 2.05) is 48.5 Å². The molecule has 0 saturated carbocycles. The van der Waals surface area contributed by atoms with Gasteiger partial charge in [-0.25, -0.2) is 19.8 Å². The SMILES string of the molecule is [C-]#[N+]c1cccc(-c2nc(-c3ccccc3)nc(-c3cccc(-n4c5ccccc5c5ccc6c(c7ccccc7n6-c6ccccc6)c54)c3)n2)c1. The van der Waals surface area contributed by atoms with E-state index in [2.05, 4.69) is 129 Å². The van der Waals surface area contributed by atoms with Gasteiger partial charge in [0, 0.05) is 49.6 Å². The lowest BCUT2D eigenvalue weighted by molar-refractivity contribution is 1.07. The Bertz CT molecular complexity index is 3020. The average molecular weight is 665 g/mol. The first-order valence-electron chi connectivity index (χ1n) is 17.2. The van der Waals surface area contributed by atoms with Crippen molar-refractivity contribution in [1.29, 1.82) is 0 Å². The summed E-state index contributed by atoms with van der Waals surface area (Å²) in [7, 11) is 0. The molecule has 7 aromatic carbocycles. The normalized spacial score (nSPS) is 11.4. The van der Waals surface area contributed by atoms with E-state index in [-0.39, 0.29) is 0 Å². The molecule has 0 N–H and O–H groups in total. The van der Waals surface area contributed by atoms with E-state index in [1.54, 1.807) is 6.07 Å². The highest BCUT2D eigenvalue weighted by Crippen LogP contribution is 2.42. The van der Waals surface area contributed by atoms with Crippen LogP contribution in [0.15, 0.2) is 170 Å². The molecule has 0 spiro atoms. The molecular weight excluding hydrogens is 637 g/mol. The number of aromatic nitrogens is 5. The van der Waals surface area contributed by atoms with Gasteiger partial charge in [-0.05, 0) is 48.5 Å². The Morgan fingerprint density at radius 2 is 0.962 bits per heavy atom. The summed E-state index contributed by atoms with van der Waals surface area (Å²) in [5.41, 5.74) is 9.78. The smallest absolute Gasteiger partial charge is 0.187 e. The second-order valence-corrected chi connectivity index (χ2v) is 12.8. The number of nitrogens with zero attached hydrogens (tertiary/aromatic N) is 6. The lowest BCUT2D eigenvalue weighted by Crippen LogP contribution is -2.01. The topological polar surface area (TPSA) is 52.9 Å². The number of hydrogen-bond acceptors (Lipinski definition) is 3. The standard InChI is InChI=1S/C46H28N6/c1-47-33-18-12-16-31(28-33)45-48-44(30-14-4-2-5-15-30)49-46(50-45)32-17-13-21-35(29-32)52-39-24-10-8-22-36(39)37-26-27-41-42(43(37)52)38-23-9-11-25-40(38)51(41)34-19-6-3-7-20-34/h2-29H. The second-order valence-electron chi connectivity index (χ2n) is 12.8. The molecule has 10 aromatic rings. The highest BCUT2D eigenvalue weighted by molar-refractivity contribution is 6.26. The molecule has 0 bridgehead atoms. The van der Waals surface area contributed by atoms with Gasteiger partial charge in [-0.2, -0.15) is 0 Å². The summed E-state index contributed by atoms with van der Waals surface area (Å²) in [6.07, 6.45) is 0. The van der Waals surface area contributed by atoms with Crippen LogP contribution >= 0.6 is 0 Å². The van der Waals surface area contributed by atoms with E-state index < -0.39 is 0 Å². The minimum atomic E-state index is 0.520. The van der Waals surface area contributed by atoms with Crippen LogP contribution in [0, 0.1) is 6.57 Å². The van der Waals surface area contributed by atoms with Gasteiger partial charge in [-0.1, -0.05) is 121 Å². The number of rotatable bonds is 5. The molecule has 0 aliphatic rings. The molecule has 52 heavy (non-hydrogen) atoms. The summed E-state index contributed by atoms with van der Waals surface area (Å²) < 4.78 is 4.75. The Kier molecular flexibility index (Phi) is 6.76. The van der Waals surface area contributed by atoms with E-state index in [0.29, 0.717) is 23.2 Å².